The number of pyridine rings is 1. The Balaban J connectivity index is 1.93. The Morgan fingerprint density at radius 1 is 1.30 bits per heavy atom. The van der Waals surface area contributed by atoms with E-state index in [0.29, 0.717) is 15.8 Å². The first-order chi connectivity index (χ1) is 12.7. The smallest absolute Gasteiger partial charge is 0.255 e. The SMILES string of the molecule is O=C1C(N(S)S(=O)(O)=S)CCCN1c1ccc(-n2ccccc2=O)cc1F. The molecule has 1 aliphatic rings. The lowest BCUT2D eigenvalue weighted by atomic mass is 10.0. The number of benzene rings is 1. The van der Waals surface area contributed by atoms with Crippen LogP contribution in [0.5, 0.6) is 0 Å². The Bertz CT molecular complexity index is 1040. The van der Waals surface area contributed by atoms with Gasteiger partial charge in [-0.15, -0.1) is 3.71 Å². The average molecular weight is 430 g/mol. The van der Waals surface area contributed by atoms with Crippen LogP contribution in [-0.4, -0.2) is 35.5 Å². The lowest BCUT2D eigenvalue weighted by molar-refractivity contribution is -0.122. The maximum absolute atomic E-state index is 14.7. The molecule has 1 aliphatic heterocycles. The molecule has 1 aromatic carbocycles. The van der Waals surface area contributed by atoms with E-state index in [1.165, 1.54) is 33.9 Å². The van der Waals surface area contributed by atoms with Crippen LogP contribution in [0.4, 0.5) is 10.1 Å². The fourth-order valence-corrected chi connectivity index (χ4v) is 4.01. The summed E-state index contributed by atoms with van der Waals surface area (Å²) in [6, 6.07) is 7.63. The van der Waals surface area contributed by atoms with Crippen molar-refractivity contribution in [3.8, 4) is 5.69 Å². The van der Waals surface area contributed by atoms with Crippen molar-refractivity contribution in [1.29, 1.82) is 0 Å². The van der Waals surface area contributed by atoms with E-state index in [1.54, 1.807) is 12.1 Å². The van der Waals surface area contributed by atoms with Gasteiger partial charge in [-0.3, -0.25) is 18.7 Å². The first-order valence-electron chi connectivity index (χ1n) is 7.95. The Hall–Kier alpha value is -1.79. The summed E-state index contributed by atoms with van der Waals surface area (Å²) in [5.74, 6) is -1.25. The maximum atomic E-state index is 14.7. The molecule has 0 radical (unpaired) electrons. The van der Waals surface area contributed by atoms with Gasteiger partial charge in [0.2, 0.25) is 14.9 Å². The summed E-state index contributed by atoms with van der Waals surface area (Å²) in [5, 5.41) is 0. The summed E-state index contributed by atoms with van der Waals surface area (Å²) in [7, 11) is -3.85. The van der Waals surface area contributed by atoms with Crippen molar-refractivity contribution in [2.24, 2.45) is 0 Å². The zero-order valence-electron chi connectivity index (χ0n) is 13.9. The number of rotatable bonds is 4. The first-order valence-corrected chi connectivity index (χ1v) is 10.7. The van der Waals surface area contributed by atoms with Crippen LogP contribution < -0.4 is 10.5 Å². The van der Waals surface area contributed by atoms with Crippen molar-refractivity contribution >= 4 is 44.6 Å². The molecule has 11 heteroatoms. The second kappa shape index (κ2) is 7.68. The van der Waals surface area contributed by atoms with Crippen LogP contribution in [0.2, 0.25) is 0 Å². The van der Waals surface area contributed by atoms with Gasteiger partial charge in [0, 0.05) is 36.1 Å². The van der Waals surface area contributed by atoms with Crippen LogP contribution in [-0.2, 0) is 24.9 Å². The molecule has 144 valence electrons. The highest BCUT2D eigenvalue weighted by Gasteiger charge is 2.37. The molecule has 1 N–H and O–H groups in total. The number of hydrogen-bond acceptors (Lipinski definition) is 5. The van der Waals surface area contributed by atoms with E-state index in [0.717, 1.165) is 6.07 Å². The van der Waals surface area contributed by atoms with Crippen LogP contribution in [0.1, 0.15) is 12.8 Å². The lowest BCUT2D eigenvalue weighted by Crippen LogP contribution is -2.51. The quantitative estimate of drug-likeness (QED) is 0.724. The molecular formula is C16H16FN3O4S3. The molecule has 1 fully saturated rings. The van der Waals surface area contributed by atoms with E-state index >= 15 is 0 Å². The minimum atomic E-state index is -3.85. The molecule has 1 saturated heterocycles. The molecule has 0 aliphatic carbocycles. The maximum Gasteiger partial charge on any atom is 0.255 e. The third-order valence-corrected chi connectivity index (χ3v) is 6.72. The highest BCUT2D eigenvalue weighted by molar-refractivity contribution is 8.30. The van der Waals surface area contributed by atoms with E-state index in [4.69, 9.17) is 0 Å². The topological polar surface area (TPSA) is 82.8 Å². The van der Waals surface area contributed by atoms with Crippen molar-refractivity contribution in [1.82, 2.24) is 8.28 Å². The van der Waals surface area contributed by atoms with Gasteiger partial charge >= 0.3 is 0 Å². The van der Waals surface area contributed by atoms with Crippen molar-refractivity contribution in [3.05, 3.63) is 58.8 Å². The molecule has 2 atom stereocenters. The van der Waals surface area contributed by atoms with Gasteiger partial charge in [-0.1, -0.05) is 18.9 Å². The van der Waals surface area contributed by atoms with Crippen molar-refractivity contribution in [3.63, 3.8) is 0 Å². The molecule has 0 spiro atoms. The van der Waals surface area contributed by atoms with Crippen LogP contribution in [0, 0.1) is 5.82 Å². The predicted octanol–water partition coefficient (Wildman–Crippen LogP) is 1.75. The zero-order chi connectivity index (χ0) is 19.8. The van der Waals surface area contributed by atoms with Crippen LogP contribution >= 0.6 is 12.8 Å². The Morgan fingerprint density at radius 2 is 2.04 bits per heavy atom. The van der Waals surface area contributed by atoms with Crippen molar-refractivity contribution < 1.29 is 17.9 Å². The Kier molecular flexibility index (Phi) is 5.68. The van der Waals surface area contributed by atoms with E-state index < -0.39 is 26.7 Å². The first kappa shape index (κ1) is 20.0. The minimum absolute atomic E-state index is 0.0213. The summed E-state index contributed by atoms with van der Waals surface area (Å²) in [6.45, 7) is 0.253. The average Bonchev–Trinajstić information content (AvgIpc) is 2.61. The molecule has 2 heterocycles. The third-order valence-electron chi connectivity index (χ3n) is 4.24. The summed E-state index contributed by atoms with van der Waals surface area (Å²) in [6.07, 6.45) is 2.28. The van der Waals surface area contributed by atoms with Gasteiger partial charge in [-0.05, 0) is 31.0 Å². The number of thiol groups is 1. The molecule has 1 amide bonds. The summed E-state index contributed by atoms with van der Waals surface area (Å²) in [4.78, 5) is 25.8. The van der Waals surface area contributed by atoms with Crippen LogP contribution in [0.3, 0.4) is 0 Å². The molecule has 0 bridgehead atoms. The molecule has 3 rings (SSSR count). The molecule has 7 nitrogen and oxygen atoms in total. The summed E-state index contributed by atoms with van der Waals surface area (Å²) in [5.41, 5.74) is 0.0308. The Labute approximate surface area is 165 Å². The van der Waals surface area contributed by atoms with Crippen LogP contribution in [0.15, 0.2) is 47.4 Å². The largest absolute Gasteiger partial charge is 0.308 e. The van der Waals surface area contributed by atoms with Gasteiger partial charge < -0.3 is 4.90 Å². The number of nitrogens with zero attached hydrogens (tertiary/aromatic N) is 3. The standard InChI is InChI=1S/C16H16FN3O4S3/c17-12-10-11(18-8-2-1-5-15(18)21)6-7-13(12)19-9-3-4-14(16(19)22)20(25)27(23,24)26/h1-2,5-8,10,14,25H,3-4,9H2,(H,23,24,26). The molecule has 1 aromatic heterocycles. The highest BCUT2D eigenvalue weighted by Crippen LogP contribution is 2.29. The molecule has 27 heavy (non-hydrogen) atoms. The fourth-order valence-electron chi connectivity index (χ4n) is 2.97. The summed E-state index contributed by atoms with van der Waals surface area (Å²) >= 11 is 8.35. The monoisotopic (exact) mass is 429 g/mol. The van der Waals surface area contributed by atoms with Gasteiger partial charge in [0.15, 0.2) is 0 Å². The zero-order valence-corrected chi connectivity index (χ0v) is 16.4. The third kappa shape index (κ3) is 4.06. The lowest BCUT2D eigenvalue weighted by Gasteiger charge is -2.35. The number of hydrogen-bond donors (Lipinski definition) is 2. The fraction of sp³-hybridized carbons (Fsp3) is 0.250. The van der Waals surface area contributed by atoms with E-state index in [1.807, 2.05) is 0 Å². The number of aromatic nitrogens is 1. The number of carbonyl (C=O) groups is 1. The molecule has 2 aromatic rings. The van der Waals surface area contributed by atoms with Gasteiger partial charge in [-0.25, -0.2) is 8.60 Å². The summed E-state index contributed by atoms with van der Waals surface area (Å²) < 4.78 is 37.7. The Morgan fingerprint density at radius 3 is 2.67 bits per heavy atom. The number of anilines is 1. The van der Waals surface area contributed by atoms with Crippen molar-refractivity contribution in [2.75, 3.05) is 11.4 Å². The van der Waals surface area contributed by atoms with Gasteiger partial charge in [0.05, 0.1) is 11.4 Å². The van der Waals surface area contributed by atoms with Gasteiger partial charge in [0.25, 0.3) is 5.56 Å². The van der Waals surface area contributed by atoms with E-state index in [2.05, 4.69) is 24.0 Å². The minimum Gasteiger partial charge on any atom is -0.308 e. The van der Waals surface area contributed by atoms with Gasteiger partial charge in [0.1, 0.15) is 11.9 Å². The highest BCUT2D eigenvalue weighted by atomic mass is 32.9. The van der Waals surface area contributed by atoms with Crippen molar-refractivity contribution in [2.45, 2.75) is 18.9 Å². The van der Waals surface area contributed by atoms with Crippen LogP contribution in [0.25, 0.3) is 5.69 Å². The number of amides is 1. The van der Waals surface area contributed by atoms with Gasteiger partial charge in [-0.2, -0.15) is 0 Å². The molecular weight excluding hydrogens is 413 g/mol. The number of piperidine rings is 1. The second-order valence-corrected chi connectivity index (χ2v) is 9.24. The van der Waals surface area contributed by atoms with E-state index in [-0.39, 0.29) is 24.2 Å². The molecule has 0 saturated carbocycles. The predicted molar refractivity (Wildman–Crippen MR) is 106 cm³/mol. The number of halogens is 1. The second-order valence-electron chi connectivity index (χ2n) is 5.94. The molecule has 2 unspecified atom stereocenters. The normalized spacial score (nSPS) is 19.9. The van der Waals surface area contributed by atoms with E-state index in [9.17, 15) is 22.7 Å². The number of carbonyl (C=O) groups excluding carboxylic acids is 1.